The molecule has 0 bridgehead atoms. The van der Waals surface area contributed by atoms with Gasteiger partial charge >= 0.3 is 11.9 Å². The van der Waals surface area contributed by atoms with Crippen LogP contribution < -0.4 is 0 Å². The van der Waals surface area contributed by atoms with Crippen LogP contribution in [0.4, 0.5) is 0 Å². The summed E-state index contributed by atoms with van der Waals surface area (Å²) in [5.41, 5.74) is 0.235. The van der Waals surface area contributed by atoms with Crippen LogP contribution in [0.15, 0.2) is 16.6 Å². The second-order valence-electron chi connectivity index (χ2n) is 5.15. The topological polar surface area (TPSA) is 63.6 Å². The van der Waals surface area contributed by atoms with E-state index < -0.39 is 17.5 Å². The number of carboxylic acid groups (broad SMARTS) is 1. The quantitative estimate of drug-likeness (QED) is 0.795. The van der Waals surface area contributed by atoms with E-state index in [2.05, 4.69) is 15.9 Å². The highest BCUT2D eigenvalue weighted by molar-refractivity contribution is 9.10. The summed E-state index contributed by atoms with van der Waals surface area (Å²) in [5.74, 6) is -1.77. The Morgan fingerprint density at radius 2 is 1.71 bits per heavy atom. The van der Waals surface area contributed by atoms with Crippen LogP contribution in [0.1, 0.15) is 67.8 Å². The SMILES string of the molecule is CC.CCc1cc(C(=O)OC(C)(C)C)c(C(=O)O)cc1Br. The molecule has 118 valence electrons. The standard InChI is InChI=1S/C14H17BrO4.C2H6/c1-5-8-6-10(13(18)19-14(2,3)4)9(12(16)17)7-11(8)15;1-2/h6-7H,5H2,1-4H3,(H,16,17);1-2H3. The Morgan fingerprint density at radius 1 is 1.19 bits per heavy atom. The van der Waals surface area contributed by atoms with Crippen molar-refractivity contribution < 1.29 is 19.4 Å². The molecule has 0 aliphatic rings. The molecule has 0 saturated carbocycles. The fourth-order valence-electron chi connectivity index (χ4n) is 1.57. The third-order valence-electron chi connectivity index (χ3n) is 2.42. The number of benzene rings is 1. The summed E-state index contributed by atoms with van der Waals surface area (Å²) in [4.78, 5) is 23.3. The minimum Gasteiger partial charge on any atom is -0.478 e. The molecule has 0 fully saturated rings. The lowest BCUT2D eigenvalue weighted by atomic mass is 10.0. The molecule has 4 nitrogen and oxygen atoms in total. The Bertz CT molecular complexity index is 516. The van der Waals surface area contributed by atoms with Crippen molar-refractivity contribution in [3.63, 3.8) is 0 Å². The highest BCUT2D eigenvalue weighted by atomic mass is 79.9. The van der Waals surface area contributed by atoms with Gasteiger partial charge in [0.15, 0.2) is 0 Å². The Kier molecular flexibility index (Phi) is 7.64. The van der Waals surface area contributed by atoms with Crippen molar-refractivity contribution in [1.82, 2.24) is 0 Å². The van der Waals surface area contributed by atoms with Gasteiger partial charge < -0.3 is 9.84 Å². The lowest BCUT2D eigenvalue weighted by molar-refractivity contribution is 0.00657. The van der Waals surface area contributed by atoms with E-state index in [4.69, 9.17) is 4.74 Å². The third kappa shape index (κ3) is 5.87. The molecule has 0 saturated heterocycles. The predicted molar refractivity (Wildman–Crippen MR) is 87.0 cm³/mol. The number of halogens is 1. The molecule has 1 aromatic rings. The summed E-state index contributed by atoms with van der Waals surface area (Å²) in [5, 5.41) is 9.17. The van der Waals surface area contributed by atoms with Crippen molar-refractivity contribution >= 4 is 27.9 Å². The van der Waals surface area contributed by atoms with Gasteiger partial charge in [-0.1, -0.05) is 36.7 Å². The van der Waals surface area contributed by atoms with Gasteiger partial charge in [-0.15, -0.1) is 0 Å². The van der Waals surface area contributed by atoms with Crippen LogP contribution in [0.3, 0.4) is 0 Å². The minimum atomic E-state index is -1.15. The van der Waals surface area contributed by atoms with Crippen LogP contribution in [-0.2, 0) is 11.2 Å². The highest BCUT2D eigenvalue weighted by Gasteiger charge is 2.24. The molecule has 0 radical (unpaired) electrons. The summed E-state index contributed by atoms with van der Waals surface area (Å²) < 4.78 is 5.92. The van der Waals surface area contributed by atoms with Gasteiger partial charge in [0.2, 0.25) is 0 Å². The molecule has 0 heterocycles. The third-order valence-corrected chi connectivity index (χ3v) is 3.15. The van der Waals surface area contributed by atoms with Crippen molar-refractivity contribution in [2.75, 3.05) is 0 Å². The van der Waals surface area contributed by atoms with Gasteiger partial charge in [-0.05, 0) is 44.9 Å². The van der Waals surface area contributed by atoms with Gasteiger partial charge in [0.05, 0.1) is 11.1 Å². The number of carboxylic acids is 1. The van der Waals surface area contributed by atoms with Crippen molar-refractivity contribution in [2.45, 2.75) is 53.6 Å². The van der Waals surface area contributed by atoms with E-state index in [1.54, 1.807) is 26.8 Å². The van der Waals surface area contributed by atoms with Gasteiger partial charge in [-0.25, -0.2) is 9.59 Å². The predicted octanol–water partition coefficient (Wildman–Crippen LogP) is 4.69. The van der Waals surface area contributed by atoms with Crippen molar-refractivity contribution in [3.8, 4) is 0 Å². The first kappa shape index (κ1) is 19.6. The summed E-state index contributed by atoms with van der Waals surface area (Å²) in [6.45, 7) is 11.2. The minimum absolute atomic E-state index is 0.0571. The van der Waals surface area contributed by atoms with Gasteiger partial charge in [0.1, 0.15) is 5.60 Å². The normalized spacial score (nSPS) is 10.4. The number of hydrogen-bond acceptors (Lipinski definition) is 3. The van der Waals surface area contributed by atoms with E-state index in [0.717, 1.165) is 5.56 Å². The zero-order valence-corrected chi connectivity index (χ0v) is 15.0. The molecule has 0 unspecified atom stereocenters. The number of rotatable bonds is 3. The Morgan fingerprint density at radius 3 is 2.10 bits per heavy atom. The van der Waals surface area contributed by atoms with Gasteiger partial charge in [-0.3, -0.25) is 0 Å². The molecular weight excluding hydrogens is 336 g/mol. The second-order valence-corrected chi connectivity index (χ2v) is 6.00. The van der Waals surface area contributed by atoms with Crippen molar-refractivity contribution in [2.24, 2.45) is 0 Å². The molecule has 1 rings (SSSR count). The fourth-order valence-corrected chi connectivity index (χ4v) is 2.19. The molecule has 0 aromatic heterocycles. The van der Waals surface area contributed by atoms with E-state index in [1.807, 2.05) is 20.8 Å². The molecule has 0 atom stereocenters. The fraction of sp³-hybridized carbons (Fsp3) is 0.500. The number of ether oxygens (including phenoxy) is 1. The number of esters is 1. The number of carbonyl (C=O) groups excluding carboxylic acids is 1. The van der Waals surface area contributed by atoms with Gasteiger partial charge in [-0.2, -0.15) is 0 Å². The van der Waals surface area contributed by atoms with E-state index >= 15 is 0 Å². The molecule has 1 aromatic carbocycles. The maximum atomic E-state index is 12.1. The highest BCUT2D eigenvalue weighted by Crippen LogP contribution is 2.24. The maximum Gasteiger partial charge on any atom is 0.339 e. The zero-order chi connectivity index (χ0) is 16.8. The molecule has 5 heteroatoms. The average Bonchev–Trinajstić information content (AvgIpc) is 2.38. The molecule has 0 aliphatic heterocycles. The largest absolute Gasteiger partial charge is 0.478 e. The summed E-state index contributed by atoms with van der Waals surface area (Å²) >= 11 is 3.30. The molecule has 0 aliphatic carbocycles. The first-order chi connectivity index (χ1) is 9.65. The van der Waals surface area contributed by atoms with Crippen molar-refractivity contribution in [1.29, 1.82) is 0 Å². The van der Waals surface area contributed by atoms with Crippen LogP contribution >= 0.6 is 15.9 Å². The molecule has 1 N–H and O–H groups in total. The Labute approximate surface area is 134 Å². The molecular formula is C16H23BrO4. The molecule has 21 heavy (non-hydrogen) atoms. The number of aromatic carboxylic acids is 1. The number of aryl methyl sites for hydroxylation is 1. The van der Waals surface area contributed by atoms with Crippen LogP contribution in [0.2, 0.25) is 0 Å². The van der Waals surface area contributed by atoms with Crippen LogP contribution in [-0.4, -0.2) is 22.6 Å². The van der Waals surface area contributed by atoms with Crippen LogP contribution in [0.5, 0.6) is 0 Å². The Hall–Kier alpha value is -1.36. The van der Waals surface area contributed by atoms with Gasteiger partial charge in [0.25, 0.3) is 0 Å². The summed E-state index contributed by atoms with van der Waals surface area (Å²) in [6.07, 6.45) is 0.691. The number of hydrogen-bond donors (Lipinski definition) is 1. The summed E-state index contributed by atoms with van der Waals surface area (Å²) in [6, 6.07) is 3.02. The second kappa shape index (κ2) is 8.17. The molecule has 0 spiro atoms. The average molecular weight is 359 g/mol. The monoisotopic (exact) mass is 358 g/mol. The summed E-state index contributed by atoms with van der Waals surface area (Å²) in [7, 11) is 0. The number of carbonyl (C=O) groups is 2. The zero-order valence-electron chi connectivity index (χ0n) is 13.4. The van der Waals surface area contributed by atoms with Gasteiger partial charge in [0, 0.05) is 4.47 Å². The van der Waals surface area contributed by atoms with Crippen LogP contribution in [0.25, 0.3) is 0 Å². The van der Waals surface area contributed by atoms with E-state index in [0.29, 0.717) is 10.9 Å². The maximum absolute atomic E-state index is 12.1. The molecule has 0 amide bonds. The first-order valence-corrected chi connectivity index (χ1v) is 7.74. The smallest absolute Gasteiger partial charge is 0.339 e. The lowest BCUT2D eigenvalue weighted by Crippen LogP contribution is -2.25. The van der Waals surface area contributed by atoms with E-state index in [1.165, 1.54) is 6.07 Å². The van der Waals surface area contributed by atoms with Crippen molar-refractivity contribution in [3.05, 3.63) is 33.3 Å². The lowest BCUT2D eigenvalue weighted by Gasteiger charge is -2.20. The van der Waals surface area contributed by atoms with Crippen LogP contribution in [0, 0.1) is 0 Å². The first-order valence-electron chi connectivity index (χ1n) is 6.94. The Balaban J connectivity index is 0.00000191. The van der Waals surface area contributed by atoms with E-state index in [9.17, 15) is 14.7 Å². The van der Waals surface area contributed by atoms with E-state index in [-0.39, 0.29) is 11.1 Å².